The summed E-state index contributed by atoms with van der Waals surface area (Å²) in [5.41, 5.74) is 13.3. The van der Waals surface area contributed by atoms with E-state index in [2.05, 4.69) is 18.7 Å². The topological polar surface area (TPSA) is 133 Å². The first-order chi connectivity index (χ1) is 15.7. The highest BCUT2D eigenvalue weighted by Gasteiger charge is 2.54. The summed E-state index contributed by atoms with van der Waals surface area (Å²) < 4.78 is 5.62. The molecule has 0 spiro atoms. The molecule has 4 atom stereocenters. The van der Waals surface area contributed by atoms with Crippen LogP contribution in [0, 0.1) is 17.3 Å². The van der Waals surface area contributed by atoms with E-state index in [1.807, 2.05) is 12.1 Å². The number of ketones is 1. The molecule has 0 bridgehead atoms. The number of esters is 1. The number of amides is 1. The number of aryl methyl sites for hydroxylation is 1. The number of hydrogen-bond acceptors (Lipinski definition) is 5. The molecule has 0 heterocycles. The third-order valence-electron chi connectivity index (χ3n) is 7.80. The van der Waals surface area contributed by atoms with Crippen LogP contribution >= 0.6 is 0 Å². The van der Waals surface area contributed by atoms with Crippen molar-refractivity contribution in [1.82, 2.24) is 0 Å². The minimum Gasteiger partial charge on any atom is -0.465 e. The van der Waals surface area contributed by atoms with E-state index in [1.54, 1.807) is 24.3 Å². The van der Waals surface area contributed by atoms with Crippen LogP contribution in [0.2, 0.25) is 0 Å². The predicted molar refractivity (Wildman–Crippen MR) is 124 cm³/mol. The van der Waals surface area contributed by atoms with Crippen LogP contribution in [0.5, 0.6) is 5.75 Å². The Balaban J connectivity index is 0.000000601. The van der Waals surface area contributed by atoms with Crippen LogP contribution in [-0.4, -0.2) is 23.0 Å². The number of fused-ring (bicyclic) bond motifs is 5. The summed E-state index contributed by atoms with van der Waals surface area (Å²) in [6.07, 6.45) is 4.66. The van der Waals surface area contributed by atoms with Gasteiger partial charge in [0.2, 0.25) is 0 Å². The van der Waals surface area contributed by atoms with Gasteiger partial charge < -0.3 is 21.3 Å². The number of carboxylic acid groups (broad SMARTS) is 1. The fourth-order valence-electron chi connectivity index (χ4n) is 6.24. The van der Waals surface area contributed by atoms with Crippen LogP contribution in [0.1, 0.15) is 66.4 Å². The molecule has 0 aromatic heterocycles. The summed E-state index contributed by atoms with van der Waals surface area (Å²) in [4.78, 5) is 33.7. The van der Waals surface area contributed by atoms with E-state index in [0.717, 1.165) is 38.5 Å². The maximum atomic E-state index is 12.5. The van der Waals surface area contributed by atoms with E-state index >= 15 is 0 Å². The summed E-state index contributed by atoms with van der Waals surface area (Å²) in [5, 5.41) is 7.19. The summed E-state index contributed by atoms with van der Waals surface area (Å²) in [6.45, 7) is 2.20. The van der Waals surface area contributed by atoms with Gasteiger partial charge in [0.15, 0.2) is 0 Å². The number of anilines is 1. The average molecular weight is 451 g/mol. The van der Waals surface area contributed by atoms with Gasteiger partial charge in [-0.3, -0.25) is 4.79 Å². The van der Waals surface area contributed by atoms with Gasteiger partial charge in [0.1, 0.15) is 11.5 Å². The maximum Gasteiger partial charge on any atom is 0.402 e. The second kappa shape index (κ2) is 8.89. The van der Waals surface area contributed by atoms with Gasteiger partial charge in [-0.1, -0.05) is 25.1 Å². The molecule has 3 aliphatic rings. The van der Waals surface area contributed by atoms with Gasteiger partial charge in [0, 0.05) is 17.5 Å². The highest BCUT2D eigenvalue weighted by atomic mass is 16.5. The maximum absolute atomic E-state index is 12.5. The standard InChI is InChI=1S/C25H27NO3.CH3NO2/c1-25-13-12-18-17-9-7-16(29-24(28)20-4-2-3-5-22(20)26)14-15(17)6-8-19(18)21(25)10-11-23(25)27;2-1(3)4/h2-5,7,9,14,18-19,21H,6,8,10-13,26H2,1H3;2H2,(H,3,4)/t18-,19-,21+,25+;/m1./s1. The number of primary amides is 1. The van der Waals surface area contributed by atoms with Crippen molar-refractivity contribution < 1.29 is 24.2 Å². The number of para-hydroxylation sites is 1. The predicted octanol–water partition coefficient (Wildman–Crippen LogP) is 4.54. The van der Waals surface area contributed by atoms with Gasteiger partial charge in [-0.05, 0) is 85.3 Å². The van der Waals surface area contributed by atoms with Gasteiger partial charge in [0.25, 0.3) is 0 Å². The molecular formula is C26H30N2O5. The summed E-state index contributed by atoms with van der Waals surface area (Å²) in [6, 6.07) is 13.0. The number of nitrogens with two attached hydrogens (primary N) is 2. The largest absolute Gasteiger partial charge is 0.465 e. The average Bonchev–Trinajstić information content (AvgIpc) is 3.08. The number of carbonyl (C=O) groups excluding carboxylic acids is 2. The molecule has 0 aliphatic heterocycles. The number of hydrogen-bond donors (Lipinski definition) is 3. The summed E-state index contributed by atoms with van der Waals surface area (Å²) in [5.74, 6) is 2.29. The molecule has 1 amide bonds. The molecule has 5 N–H and O–H groups in total. The Morgan fingerprint density at radius 2 is 1.82 bits per heavy atom. The fourth-order valence-corrected chi connectivity index (χ4v) is 6.24. The molecule has 2 saturated carbocycles. The molecule has 0 radical (unpaired) electrons. The van der Waals surface area contributed by atoms with Crippen molar-refractivity contribution in [3.8, 4) is 5.75 Å². The third kappa shape index (κ3) is 4.32. The van der Waals surface area contributed by atoms with E-state index in [-0.39, 0.29) is 5.41 Å². The molecule has 33 heavy (non-hydrogen) atoms. The normalized spacial score (nSPS) is 27.3. The zero-order chi connectivity index (χ0) is 23.8. The molecular weight excluding hydrogens is 420 g/mol. The van der Waals surface area contributed by atoms with Gasteiger partial charge >= 0.3 is 12.1 Å². The number of nitrogen functional groups attached to an aromatic ring is 1. The molecule has 2 aromatic rings. The van der Waals surface area contributed by atoms with Crippen LogP contribution < -0.4 is 16.2 Å². The molecule has 0 saturated heterocycles. The van der Waals surface area contributed by atoms with Crippen molar-refractivity contribution in [2.45, 2.75) is 51.4 Å². The molecule has 174 valence electrons. The monoisotopic (exact) mass is 450 g/mol. The first kappa shape index (κ1) is 22.8. The lowest BCUT2D eigenvalue weighted by Crippen LogP contribution is -2.42. The molecule has 2 fully saturated rings. The van der Waals surface area contributed by atoms with E-state index in [4.69, 9.17) is 20.4 Å². The van der Waals surface area contributed by atoms with Gasteiger partial charge in [-0.15, -0.1) is 0 Å². The first-order valence-corrected chi connectivity index (χ1v) is 11.4. The molecule has 2 aromatic carbocycles. The number of Topliss-reactive ketones (excluding diaryl/α,β-unsaturated/α-hetero) is 1. The minimum atomic E-state index is -1.33. The zero-order valence-electron chi connectivity index (χ0n) is 18.8. The smallest absolute Gasteiger partial charge is 0.402 e. The fraction of sp³-hybridized carbons (Fsp3) is 0.423. The Hall–Kier alpha value is -3.35. The van der Waals surface area contributed by atoms with Gasteiger partial charge in [-0.2, -0.15) is 0 Å². The lowest BCUT2D eigenvalue weighted by atomic mass is 9.55. The summed E-state index contributed by atoms with van der Waals surface area (Å²) in [7, 11) is 0. The van der Waals surface area contributed by atoms with E-state index in [9.17, 15) is 9.59 Å². The van der Waals surface area contributed by atoms with Crippen LogP contribution in [0.25, 0.3) is 0 Å². The Morgan fingerprint density at radius 3 is 2.55 bits per heavy atom. The Labute approximate surface area is 193 Å². The van der Waals surface area contributed by atoms with Crippen LogP contribution in [-0.2, 0) is 11.2 Å². The van der Waals surface area contributed by atoms with Crippen molar-refractivity contribution in [3.63, 3.8) is 0 Å². The van der Waals surface area contributed by atoms with E-state index in [1.165, 1.54) is 11.1 Å². The second-order valence-corrected chi connectivity index (χ2v) is 9.51. The van der Waals surface area contributed by atoms with Gasteiger partial charge in [0.05, 0.1) is 5.56 Å². The van der Waals surface area contributed by atoms with Crippen molar-refractivity contribution in [3.05, 3.63) is 59.2 Å². The van der Waals surface area contributed by atoms with Crippen LogP contribution in [0.15, 0.2) is 42.5 Å². The number of rotatable bonds is 2. The zero-order valence-corrected chi connectivity index (χ0v) is 18.8. The molecule has 3 aliphatic carbocycles. The van der Waals surface area contributed by atoms with Crippen molar-refractivity contribution >= 4 is 23.5 Å². The SMILES string of the molecule is C[C@]12CC[C@@H]3c4ccc(OC(=O)c5ccccc5N)cc4CC[C@H]3[C@@H]1CCC2=O.NC(=O)O. The Bertz CT molecular complexity index is 1090. The van der Waals surface area contributed by atoms with E-state index in [0.29, 0.717) is 40.5 Å². The van der Waals surface area contributed by atoms with Gasteiger partial charge in [-0.25, -0.2) is 9.59 Å². The number of carbonyl (C=O) groups is 3. The minimum absolute atomic E-state index is 0.0935. The number of benzene rings is 2. The first-order valence-electron chi connectivity index (χ1n) is 11.4. The highest BCUT2D eigenvalue weighted by Crippen LogP contribution is 2.59. The molecule has 7 nitrogen and oxygen atoms in total. The third-order valence-corrected chi connectivity index (χ3v) is 7.80. The molecule has 0 unspecified atom stereocenters. The summed E-state index contributed by atoms with van der Waals surface area (Å²) >= 11 is 0. The van der Waals surface area contributed by atoms with Crippen molar-refractivity contribution in [1.29, 1.82) is 0 Å². The lowest BCUT2D eigenvalue weighted by Gasteiger charge is -2.48. The van der Waals surface area contributed by atoms with Crippen molar-refractivity contribution in [2.24, 2.45) is 23.0 Å². The number of ether oxygens (including phenoxy) is 1. The second-order valence-electron chi connectivity index (χ2n) is 9.51. The molecule has 5 rings (SSSR count). The van der Waals surface area contributed by atoms with E-state index < -0.39 is 12.1 Å². The van der Waals surface area contributed by atoms with Crippen LogP contribution in [0.4, 0.5) is 10.5 Å². The highest BCUT2D eigenvalue weighted by molar-refractivity contribution is 5.96. The Morgan fingerprint density at radius 1 is 1.09 bits per heavy atom. The Kier molecular flexibility index (Phi) is 6.15. The van der Waals surface area contributed by atoms with Crippen LogP contribution in [0.3, 0.4) is 0 Å². The molecule has 7 heteroatoms. The lowest BCUT2D eigenvalue weighted by molar-refractivity contribution is -0.129. The van der Waals surface area contributed by atoms with Crippen molar-refractivity contribution in [2.75, 3.05) is 5.73 Å². The quantitative estimate of drug-likeness (QED) is 0.350.